The maximum absolute atomic E-state index is 11.4. The zero-order valence-electron chi connectivity index (χ0n) is 10.2. The third-order valence-corrected chi connectivity index (χ3v) is 3.45. The van der Waals surface area contributed by atoms with Crippen molar-refractivity contribution in [1.29, 1.82) is 0 Å². The number of aryl methyl sites for hydroxylation is 2. The number of nitrogens with two attached hydrogens (primary N) is 1. The Kier molecular flexibility index (Phi) is 3.61. The number of hydrogen-bond donors (Lipinski definition) is 1. The molecular weight excluding hydrogens is 252 g/mol. The Labute approximate surface area is 108 Å². The lowest BCUT2D eigenvalue weighted by Gasteiger charge is -2.05. The number of nitrogen functional groups attached to an aromatic ring is 1. The molecule has 2 heterocycles. The van der Waals surface area contributed by atoms with Gasteiger partial charge in [-0.25, -0.2) is 14.8 Å². The molecule has 0 fully saturated rings. The van der Waals surface area contributed by atoms with Crippen LogP contribution in [-0.2, 0) is 17.7 Å². The predicted octanol–water partition coefficient (Wildman–Crippen LogP) is 1.26. The average Bonchev–Trinajstić information content (AvgIpc) is 2.96. The highest BCUT2D eigenvalue weighted by molar-refractivity contribution is 7.09. The fourth-order valence-corrected chi connectivity index (χ4v) is 2.30. The highest BCUT2D eigenvalue weighted by Crippen LogP contribution is 2.16. The van der Waals surface area contributed by atoms with Gasteiger partial charge in [0.15, 0.2) is 5.69 Å². The smallest absolute Gasteiger partial charge is 0.360 e. The molecule has 6 nitrogen and oxygen atoms in total. The van der Waals surface area contributed by atoms with Gasteiger partial charge in [0.05, 0.1) is 12.1 Å². The minimum absolute atomic E-state index is 0.175. The van der Waals surface area contributed by atoms with Crippen LogP contribution in [-0.4, -0.2) is 27.6 Å². The van der Waals surface area contributed by atoms with Gasteiger partial charge in [0.25, 0.3) is 0 Å². The number of rotatable bonds is 4. The van der Waals surface area contributed by atoms with Gasteiger partial charge in [-0.3, -0.25) is 0 Å². The normalized spacial score (nSPS) is 10.6. The minimum Gasteiger partial charge on any atom is -0.464 e. The summed E-state index contributed by atoms with van der Waals surface area (Å²) in [5.74, 6) is 0.531. The van der Waals surface area contributed by atoms with E-state index in [1.807, 2.05) is 12.3 Å². The molecule has 0 saturated carbocycles. The molecule has 2 aromatic rings. The van der Waals surface area contributed by atoms with E-state index in [2.05, 4.69) is 14.7 Å². The van der Waals surface area contributed by atoms with Gasteiger partial charge in [-0.1, -0.05) is 0 Å². The third kappa shape index (κ3) is 2.35. The summed E-state index contributed by atoms with van der Waals surface area (Å²) in [7, 11) is 1.31. The molecule has 2 N–H and O–H groups in total. The van der Waals surface area contributed by atoms with Crippen LogP contribution in [0.5, 0.6) is 0 Å². The lowest BCUT2D eigenvalue weighted by molar-refractivity contribution is 0.0595. The Hall–Kier alpha value is -1.89. The van der Waals surface area contributed by atoms with E-state index in [4.69, 9.17) is 5.73 Å². The molecule has 0 aromatic carbocycles. The summed E-state index contributed by atoms with van der Waals surface area (Å²) in [6, 6.07) is 0. The molecule has 0 aliphatic carbocycles. The average molecular weight is 266 g/mol. The molecule has 0 saturated heterocycles. The van der Waals surface area contributed by atoms with Crippen LogP contribution in [0.4, 0.5) is 5.82 Å². The Bertz CT molecular complexity index is 548. The van der Waals surface area contributed by atoms with Gasteiger partial charge in [0, 0.05) is 24.5 Å². The van der Waals surface area contributed by atoms with E-state index in [1.54, 1.807) is 22.1 Å². The Morgan fingerprint density at radius 3 is 3.00 bits per heavy atom. The first-order chi connectivity index (χ1) is 8.63. The standard InChI is InChI=1S/C11H14N4O2S/c1-7-14-9(11(16)17-2)10(12)15(7)5-3-8-13-4-6-18-8/h4,6H,3,5,12H2,1-2H3. The summed E-state index contributed by atoms with van der Waals surface area (Å²) in [5, 5.41) is 2.96. The summed E-state index contributed by atoms with van der Waals surface area (Å²) < 4.78 is 6.43. The monoisotopic (exact) mass is 266 g/mol. The van der Waals surface area contributed by atoms with Crippen molar-refractivity contribution in [1.82, 2.24) is 14.5 Å². The molecule has 7 heteroatoms. The number of carbonyl (C=O) groups is 1. The number of hydrogen-bond acceptors (Lipinski definition) is 6. The van der Waals surface area contributed by atoms with Gasteiger partial charge in [0.1, 0.15) is 11.6 Å². The summed E-state index contributed by atoms with van der Waals surface area (Å²) in [6.07, 6.45) is 2.53. The van der Waals surface area contributed by atoms with E-state index in [1.165, 1.54) is 7.11 Å². The van der Waals surface area contributed by atoms with Crippen molar-refractivity contribution in [3.05, 3.63) is 28.1 Å². The SMILES string of the molecule is COC(=O)c1nc(C)n(CCc2nccs2)c1N. The summed E-state index contributed by atoms with van der Waals surface area (Å²) in [6.45, 7) is 2.46. The molecule has 2 rings (SSSR count). The summed E-state index contributed by atoms with van der Waals surface area (Å²) in [5.41, 5.74) is 6.08. The maximum atomic E-state index is 11.4. The van der Waals surface area contributed by atoms with Gasteiger partial charge in [-0.2, -0.15) is 0 Å². The lowest BCUT2D eigenvalue weighted by Crippen LogP contribution is -2.10. The molecule has 0 amide bonds. The molecule has 18 heavy (non-hydrogen) atoms. The van der Waals surface area contributed by atoms with Crippen molar-refractivity contribution in [2.45, 2.75) is 19.9 Å². The number of imidazole rings is 1. The van der Waals surface area contributed by atoms with Crippen LogP contribution in [0.2, 0.25) is 0 Å². The van der Waals surface area contributed by atoms with Crippen molar-refractivity contribution >= 4 is 23.1 Å². The van der Waals surface area contributed by atoms with Crippen LogP contribution in [0.25, 0.3) is 0 Å². The Morgan fingerprint density at radius 2 is 2.39 bits per heavy atom. The molecule has 96 valence electrons. The first kappa shape index (κ1) is 12.6. The second-order valence-corrected chi connectivity index (χ2v) is 4.69. The van der Waals surface area contributed by atoms with E-state index in [9.17, 15) is 4.79 Å². The predicted molar refractivity (Wildman–Crippen MR) is 68.5 cm³/mol. The van der Waals surface area contributed by atoms with Crippen LogP contribution in [0.1, 0.15) is 21.3 Å². The molecule has 0 atom stereocenters. The van der Waals surface area contributed by atoms with E-state index < -0.39 is 5.97 Å². The fraction of sp³-hybridized carbons (Fsp3) is 0.364. The van der Waals surface area contributed by atoms with E-state index in [0.29, 0.717) is 18.2 Å². The highest BCUT2D eigenvalue weighted by atomic mass is 32.1. The zero-order valence-corrected chi connectivity index (χ0v) is 11.0. The maximum Gasteiger partial charge on any atom is 0.360 e. The number of nitrogens with zero attached hydrogens (tertiary/aromatic N) is 3. The molecular formula is C11H14N4O2S. The highest BCUT2D eigenvalue weighted by Gasteiger charge is 2.18. The lowest BCUT2D eigenvalue weighted by atomic mass is 10.4. The Balaban J connectivity index is 2.18. The van der Waals surface area contributed by atoms with Crippen molar-refractivity contribution in [2.75, 3.05) is 12.8 Å². The quantitative estimate of drug-likeness (QED) is 0.842. The number of ether oxygens (including phenoxy) is 1. The Morgan fingerprint density at radius 1 is 1.61 bits per heavy atom. The fourth-order valence-electron chi connectivity index (χ4n) is 1.69. The molecule has 0 unspecified atom stereocenters. The molecule has 0 radical (unpaired) electrons. The van der Waals surface area contributed by atoms with Gasteiger partial charge in [0.2, 0.25) is 0 Å². The summed E-state index contributed by atoms with van der Waals surface area (Å²) in [4.78, 5) is 19.8. The molecule has 2 aromatic heterocycles. The van der Waals surface area contributed by atoms with Crippen LogP contribution < -0.4 is 5.73 Å². The number of aromatic nitrogens is 3. The topological polar surface area (TPSA) is 83.0 Å². The van der Waals surface area contributed by atoms with Gasteiger partial charge in [-0.15, -0.1) is 11.3 Å². The van der Waals surface area contributed by atoms with Crippen LogP contribution >= 0.6 is 11.3 Å². The van der Waals surface area contributed by atoms with Crippen molar-refractivity contribution in [3.8, 4) is 0 Å². The molecule has 0 aliphatic heterocycles. The van der Waals surface area contributed by atoms with Crippen molar-refractivity contribution in [3.63, 3.8) is 0 Å². The van der Waals surface area contributed by atoms with E-state index in [0.717, 1.165) is 11.4 Å². The number of esters is 1. The largest absolute Gasteiger partial charge is 0.464 e. The summed E-state index contributed by atoms with van der Waals surface area (Å²) >= 11 is 1.59. The van der Waals surface area contributed by atoms with Gasteiger partial charge >= 0.3 is 5.97 Å². The number of carbonyl (C=O) groups excluding carboxylic acids is 1. The number of methoxy groups -OCH3 is 1. The minimum atomic E-state index is -0.511. The second kappa shape index (κ2) is 5.18. The first-order valence-corrected chi connectivity index (χ1v) is 6.30. The molecule has 0 bridgehead atoms. The van der Waals surface area contributed by atoms with E-state index in [-0.39, 0.29) is 5.69 Å². The molecule has 0 aliphatic rings. The van der Waals surface area contributed by atoms with Crippen LogP contribution in [0.15, 0.2) is 11.6 Å². The van der Waals surface area contributed by atoms with Gasteiger partial charge < -0.3 is 15.0 Å². The number of anilines is 1. The van der Waals surface area contributed by atoms with Crippen molar-refractivity contribution in [2.24, 2.45) is 0 Å². The third-order valence-electron chi connectivity index (χ3n) is 2.61. The van der Waals surface area contributed by atoms with Crippen molar-refractivity contribution < 1.29 is 9.53 Å². The molecule has 0 spiro atoms. The first-order valence-electron chi connectivity index (χ1n) is 5.42. The van der Waals surface area contributed by atoms with Crippen LogP contribution in [0.3, 0.4) is 0 Å². The van der Waals surface area contributed by atoms with Gasteiger partial charge in [-0.05, 0) is 6.92 Å². The van der Waals surface area contributed by atoms with E-state index >= 15 is 0 Å². The number of thiazole rings is 1. The van der Waals surface area contributed by atoms with Crippen LogP contribution in [0, 0.1) is 6.92 Å². The zero-order chi connectivity index (χ0) is 13.1. The second-order valence-electron chi connectivity index (χ2n) is 3.71.